The quantitative estimate of drug-likeness (QED) is 0.910. The van der Waals surface area contributed by atoms with Crippen molar-refractivity contribution < 1.29 is 9.53 Å². The van der Waals surface area contributed by atoms with Gasteiger partial charge >= 0.3 is 0 Å². The monoisotopic (exact) mass is 274 g/mol. The predicted molar refractivity (Wildman–Crippen MR) is 77.8 cm³/mol. The van der Waals surface area contributed by atoms with E-state index < -0.39 is 0 Å². The number of fused-ring (bicyclic) bond motifs is 1. The van der Waals surface area contributed by atoms with Gasteiger partial charge in [0.25, 0.3) is 5.91 Å². The average molecular weight is 274 g/mol. The fourth-order valence-electron chi connectivity index (χ4n) is 3.20. The van der Waals surface area contributed by atoms with E-state index in [1.165, 1.54) is 0 Å². The molecule has 1 aromatic rings. The van der Waals surface area contributed by atoms with E-state index >= 15 is 0 Å². The van der Waals surface area contributed by atoms with E-state index in [0.29, 0.717) is 12.5 Å². The number of ether oxygens (including phenoxy) is 1. The number of carbonyl (C=O) groups excluding carboxylic acids is 1. The highest BCUT2D eigenvalue weighted by Gasteiger charge is 2.34. The van der Waals surface area contributed by atoms with E-state index in [1.807, 2.05) is 29.2 Å². The summed E-state index contributed by atoms with van der Waals surface area (Å²) < 4.78 is 5.83. The third-order valence-electron chi connectivity index (χ3n) is 4.26. The zero-order valence-electron chi connectivity index (χ0n) is 12.0. The van der Waals surface area contributed by atoms with Crippen molar-refractivity contribution in [2.75, 3.05) is 19.6 Å². The summed E-state index contributed by atoms with van der Waals surface area (Å²) >= 11 is 0. The fraction of sp³-hybridized carbons (Fsp3) is 0.562. The molecule has 4 nitrogen and oxygen atoms in total. The minimum Gasteiger partial charge on any atom is -0.480 e. The fourth-order valence-corrected chi connectivity index (χ4v) is 3.20. The Kier molecular flexibility index (Phi) is 3.92. The Morgan fingerprint density at radius 2 is 2.30 bits per heavy atom. The Balaban J connectivity index is 1.69. The number of amides is 1. The van der Waals surface area contributed by atoms with Crippen LogP contribution in [-0.2, 0) is 11.2 Å². The van der Waals surface area contributed by atoms with Crippen molar-refractivity contribution in [1.29, 1.82) is 0 Å². The van der Waals surface area contributed by atoms with E-state index in [2.05, 4.69) is 12.2 Å². The summed E-state index contributed by atoms with van der Waals surface area (Å²) in [7, 11) is 0. The number of nitrogens with zero attached hydrogens (tertiary/aromatic N) is 1. The highest BCUT2D eigenvalue weighted by molar-refractivity contribution is 5.83. The Bertz CT molecular complexity index is 458. The summed E-state index contributed by atoms with van der Waals surface area (Å²) in [6.45, 7) is 4.77. The number of para-hydroxylation sites is 1. The van der Waals surface area contributed by atoms with Crippen LogP contribution in [0.5, 0.6) is 5.75 Å². The summed E-state index contributed by atoms with van der Waals surface area (Å²) in [6.07, 6.45) is 2.59. The number of rotatable bonds is 3. The van der Waals surface area contributed by atoms with Crippen molar-refractivity contribution in [1.82, 2.24) is 10.2 Å². The molecule has 1 saturated heterocycles. The molecule has 0 bridgehead atoms. The lowest BCUT2D eigenvalue weighted by Gasteiger charge is -2.35. The second-order valence-corrected chi connectivity index (χ2v) is 5.54. The molecule has 1 N–H and O–H groups in total. The lowest BCUT2D eigenvalue weighted by Crippen LogP contribution is -2.52. The Morgan fingerprint density at radius 3 is 3.00 bits per heavy atom. The van der Waals surface area contributed by atoms with Gasteiger partial charge in [0.15, 0.2) is 6.10 Å². The largest absolute Gasteiger partial charge is 0.480 e. The highest BCUT2D eigenvalue weighted by atomic mass is 16.5. The van der Waals surface area contributed by atoms with Crippen LogP contribution in [0.1, 0.15) is 25.3 Å². The van der Waals surface area contributed by atoms with Gasteiger partial charge in [-0.2, -0.15) is 0 Å². The maximum atomic E-state index is 12.7. The summed E-state index contributed by atoms with van der Waals surface area (Å²) in [6, 6.07) is 8.25. The van der Waals surface area contributed by atoms with E-state index in [9.17, 15) is 4.79 Å². The molecule has 0 aromatic heterocycles. The molecular weight excluding hydrogens is 252 g/mol. The van der Waals surface area contributed by atoms with Crippen LogP contribution in [0.3, 0.4) is 0 Å². The number of nitrogens with one attached hydrogen (secondary N) is 1. The van der Waals surface area contributed by atoms with Gasteiger partial charge in [-0.25, -0.2) is 0 Å². The van der Waals surface area contributed by atoms with Crippen LogP contribution in [0.15, 0.2) is 24.3 Å². The molecule has 1 fully saturated rings. The first-order chi connectivity index (χ1) is 9.79. The van der Waals surface area contributed by atoms with Crippen LogP contribution in [-0.4, -0.2) is 42.6 Å². The molecule has 2 heterocycles. The molecule has 1 aromatic carbocycles. The molecule has 0 saturated carbocycles. The summed E-state index contributed by atoms with van der Waals surface area (Å²) in [5.41, 5.74) is 1.14. The molecule has 0 aliphatic carbocycles. The number of hydrogen-bond donors (Lipinski definition) is 1. The second kappa shape index (κ2) is 5.83. The van der Waals surface area contributed by atoms with Gasteiger partial charge in [-0.1, -0.05) is 18.2 Å². The highest BCUT2D eigenvalue weighted by Crippen LogP contribution is 2.29. The van der Waals surface area contributed by atoms with Gasteiger partial charge in [0.05, 0.1) is 0 Å². The third-order valence-corrected chi connectivity index (χ3v) is 4.26. The maximum absolute atomic E-state index is 12.7. The lowest BCUT2D eigenvalue weighted by atomic mass is 10.0. The topological polar surface area (TPSA) is 41.6 Å². The third kappa shape index (κ3) is 2.52. The number of hydrogen-bond acceptors (Lipinski definition) is 3. The van der Waals surface area contributed by atoms with Crippen molar-refractivity contribution in [2.45, 2.75) is 38.3 Å². The summed E-state index contributed by atoms with van der Waals surface area (Å²) in [4.78, 5) is 14.7. The summed E-state index contributed by atoms with van der Waals surface area (Å²) in [5, 5.41) is 3.38. The van der Waals surface area contributed by atoms with E-state index in [0.717, 1.165) is 43.8 Å². The maximum Gasteiger partial charge on any atom is 0.264 e. The molecule has 4 heteroatoms. The zero-order valence-corrected chi connectivity index (χ0v) is 12.0. The Morgan fingerprint density at radius 1 is 1.45 bits per heavy atom. The second-order valence-electron chi connectivity index (χ2n) is 5.54. The summed E-state index contributed by atoms with van der Waals surface area (Å²) in [5.74, 6) is 1.00. The Labute approximate surface area is 120 Å². The van der Waals surface area contributed by atoms with Gasteiger partial charge in [-0.15, -0.1) is 0 Å². The molecule has 3 rings (SSSR count). The Hall–Kier alpha value is -1.55. The number of likely N-dealkylation sites (N-methyl/N-ethyl adjacent to an activating group) is 1. The van der Waals surface area contributed by atoms with Crippen molar-refractivity contribution in [2.24, 2.45) is 0 Å². The minimum absolute atomic E-state index is 0.136. The van der Waals surface area contributed by atoms with E-state index in [-0.39, 0.29) is 12.0 Å². The van der Waals surface area contributed by atoms with E-state index in [1.54, 1.807) is 0 Å². The van der Waals surface area contributed by atoms with Crippen molar-refractivity contribution >= 4 is 5.91 Å². The van der Waals surface area contributed by atoms with Gasteiger partial charge in [0.1, 0.15) is 5.75 Å². The molecule has 1 amide bonds. The standard InChI is InChI=1S/C16H22N2O2/c1-2-18(13-7-5-9-17-11-13)16(19)15-10-12-6-3-4-8-14(12)20-15/h3-4,6,8,13,15,17H,2,5,7,9-11H2,1H3. The number of carbonyl (C=O) groups is 1. The van der Waals surface area contributed by atoms with Gasteiger partial charge in [0, 0.05) is 25.6 Å². The molecule has 2 atom stereocenters. The smallest absolute Gasteiger partial charge is 0.264 e. The SMILES string of the molecule is CCN(C(=O)C1Cc2ccccc2O1)C1CCCNC1. The first kappa shape index (κ1) is 13.4. The minimum atomic E-state index is -0.339. The van der Waals surface area contributed by atoms with Gasteiger partial charge in [-0.3, -0.25) is 4.79 Å². The number of benzene rings is 1. The molecular formula is C16H22N2O2. The van der Waals surface area contributed by atoms with Crippen molar-refractivity contribution in [3.63, 3.8) is 0 Å². The zero-order chi connectivity index (χ0) is 13.9. The van der Waals surface area contributed by atoms with Gasteiger partial charge in [-0.05, 0) is 37.9 Å². The van der Waals surface area contributed by atoms with Gasteiger partial charge < -0.3 is 15.0 Å². The predicted octanol–water partition coefficient (Wildman–Crippen LogP) is 1.59. The molecule has 0 spiro atoms. The lowest BCUT2D eigenvalue weighted by molar-refractivity contribution is -0.140. The molecule has 108 valence electrons. The molecule has 0 radical (unpaired) electrons. The first-order valence-electron chi connectivity index (χ1n) is 7.55. The van der Waals surface area contributed by atoms with Crippen LogP contribution >= 0.6 is 0 Å². The molecule has 2 aliphatic heterocycles. The molecule has 2 aliphatic rings. The van der Waals surface area contributed by atoms with Crippen molar-refractivity contribution in [3.05, 3.63) is 29.8 Å². The van der Waals surface area contributed by atoms with Gasteiger partial charge in [0.2, 0.25) is 0 Å². The van der Waals surface area contributed by atoms with Crippen LogP contribution < -0.4 is 10.1 Å². The van der Waals surface area contributed by atoms with Crippen LogP contribution in [0.4, 0.5) is 0 Å². The molecule has 2 unspecified atom stereocenters. The normalized spacial score (nSPS) is 24.9. The van der Waals surface area contributed by atoms with E-state index in [4.69, 9.17) is 4.74 Å². The van der Waals surface area contributed by atoms with Crippen molar-refractivity contribution in [3.8, 4) is 5.75 Å². The van der Waals surface area contributed by atoms with Crippen LogP contribution in [0, 0.1) is 0 Å². The first-order valence-corrected chi connectivity index (χ1v) is 7.55. The number of piperidine rings is 1. The molecule has 20 heavy (non-hydrogen) atoms. The van der Waals surface area contributed by atoms with Crippen LogP contribution in [0.2, 0.25) is 0 Å². The average Bonchev–Trinajstić information content (AvgIpc) is 2.93. The van der Waals surface area contributed by atoms with Crippen LogP contribution in [0.25, 0.3) is 0 Å².